The number of para-hydroxylation sites is 2. The fraction of sp³-hybridized carbons (Fsp3) is 0.348. The summed E-state index contributed by atoms with van der Waals surface area (Å²) in [5.41, 5.74) is 3.35. The monoisotopic (exact) mass is 408 g/mol. The van der Waals surface area contributed by atoms with Gasteiger partial charge in [0.2, 0.25) is 5.91 Å². The van der Waals surface area contributed by atoms with E-state index in [9.17, 15) is 9.59 Å². The van der Waals surface area contributed by atoms with Crippen LogP contribution in [-0.2, 0) is 22.5 Å². The van der Waals surface area contributed by atoms with E-state index in [1.54, 1.807) is 7.11 Å². The van der Waals surface area contributed by atoms with Crippen LogP contribution in [0.3, 0.4) is 0 Å². The molecule has 0 fully saturated rings. The molecule has 3 aromatic rings. The van der Waals surface area contributed by atoms with Crippen molar-refractivity contribution in [1.29, 1.82) is 0 Å². The molecular weight excluding hydrogens is 380 g/mol. The van der Waals surface area contributed by atoms with E-state index in [-0.39, 0.29) is 18.4 Å². The zero-order chi connectivity index (χ0) is 21.3. The smallest absolute Gasteiger partial charge is 0.251 e. The Kier molecular flexibility index (Phi) is 7.57. The highest BCUT2D eigenvalue weighted by molar-refractivity contribution is 5.95. The number of ether oxygens (including phenoxy) is 1. The van der Waals surface area contributed by atoms with E-state index < -0.39 is 0 Å². The second kappa shape index (κ2) is 10.5. The molecule has 0 radical (unpaired) electrons. The molecular formula is C23H28N4O3. The van der Waals surface area contributed by atoms with Crippen molar-refractivity contribution in [2.75, 3.05) is 26.8 Å². The lowest BCUT2D eigenvalue weighted by molar-refractivity contribution is -0.121. The first-order chi connectivity index (χ1) is 14.6. The fourth-order valence-electron chi connectivity index (χ4n) is 3.35. The van der Waals surface area contributed by atoms with Crippen LogP contribution in [0, 0.1) is 6.92 Å². The number of methoxy groups -OCH3 is 1. The second-order valence-electron chi connectivity index (χ2n) is 7.12. The Morgan fingerprint density at radius 1 is 1.03 bits per heavy atom. The van der Waals surface area contributed by atoms with Gasteiger partial charge in [0.1, 0.15) is 12.4 Å². The molecule has 2 amide bonds. The molecule has 0 unspecified atom stereocenters. The lowest BCUT2D eigenvalue weighted by Crippen LogP contribution is -2.30. The minimum absolute atomic E-state index is 0.0700. The third kappa shape index (κ3) is 5.45. The van der Waals surface area contributed by atoms with E-state index in [4.69, 9.17) is 4.74 Å². The van der Waals surface area contributed by atoms with Gasteiger partial charge in [-0.2, -0.15) is 0 Å². The number of aryl methyl sites for hydroxylation is 1. The third-order valence-electron chi connectivity index (χ3n) is 4.91. The molecule has 1 aromatic heterocycles. The highest BCUT2D eigenvalue weighted by Gasteiger charge is 2.14. The average Bonchev–Trinajstić information content (AvgIpc) is 3.09. The van der Waals surface area contributed by atoms with Crippen molar-refractivity contribution >= 4 is 22.8 Å². The Balaban J connectivity index is 1.66. The van der Waals surface area contributed by atoms with Crippen LogP contribution in [0.5, 0.6) is 0 Å². The standard InChI is InChI=1S/C23H28N4O3/c1-17-8-3-4-9-18(17)23(29)25-14-12-21-26-19-10-5-6-11-20(19)27(21)16-22(28)24-13-7-15-30-2/h3-6,8-11H,7,12-16H2,1-2H3,(H,24,28)(H,25,29). The van der Waals surface area contributed by atoms with Gasteiger partial charge in [-0.25, -0.2) is 4.98 Å². The number of rotatable bonds is 10. The van der Waals surface area contributed by atoms with E-state index in [0.717, 1.165) is 28.8 Å². The van der Waals surface area contributed by atoms with Crippen molar-refractivity contribution in [2.24, 2.45) is 0 Å². The first-order valence-corrected chi connectivity index (χ1v) is 10.1. The van der Waals surface area contributed by atoms with Crippen LogP contribution in [0.25, 0.3) is 11.0 Å². The molecule has 7 heteroatoms. The lowest BCUT2D eigenvalue weighted by atomic mass is 10.1. The summed E-state index contributed by atoms with van der Waals surface area (Å²) in [6, 6.07) is 15.2. The number of amides is 2. The van der Waals surface area contributed by atoms with Crippen LogP contribution in [0.15, 0.2) is 48.5 Å². The van der Waals surface area contributed by atoms with E-state index in [1.807, 2.05) is 60.0 Å². The summed E-state index contributed by atoms with van der Waals surface area (Å²) >= 11 is 0. The van der Waals surface area contributed by atoms with Crippen molar-refractivity contribution in [3.05, 3.63) is 65.5 Å². The summed E-state index contributed by atoms with van der Waals surface area (Å²) in [7, 11) is 1.64. The molecule has 0 aliphatic heterocycles. The summed E-state index contributed by atoms with van der Waals surface area (Å²) in [5, 5.41) is 5.87. The highest BCUT2D eigenvalue weighted by Crippen LogP contribution is 2.16. The topological polar surface area (TPSA) is 85.2 Å². The van der Waals surface area contributed by atoms with Gasteiger partial charge in [0.05, 0.1) is 11.0 Å². The highest BCUT2D eigenvalue weighted by atomic mass is 16.5. The molecule has 0 aliphatic carbocycles. The zero-order valence-corrected chi connectivity index (χ0v) is 17.5. The third-order valence-corrected chi connectivity index (χ3v) is 4.91. The van der Waals surface area contributed by atoms with Crippen LogP contribution in [0.1, 0.15) is 28.2 Å². The minimum atomic E-state index is -0.105. The molecule has 0 aliphatic rings. The number of hydrogen-bond donors (Lipinski definition) is 2. The first kappa shape index (κ1) is 21.5. The summed E-state index contributed by atoms with van der Waals surface area (Å²) in [4.78, 5) is 29.5. The molecule has 0 spiro atoms. The van der Waals surface area contributed by atoms with Gasteiger partial charge in [0.25, 0.3) is 5.91 Å². The second-order valence-corrected chi connectivity index (χ2v) is 7.12. The molecule has 158 valence electrons. The van der Waals surface area contributed by atoms with Gasteiger partial charge < -0.3 is 19.9 Å². The van der Waals surface area contributed by atoms with Crippen molar-refractivity contribution < 1.29 is 14.3 Å². The number of benzene rings is 2. The average molecular weight is 409 g/mol. The Morgan fingerprint density at radius 2 is 1.80 bits per heavy atom. The Bertz CT molecular complexity index is 1010. The molecule has 30 heavy (non-hydrogen) atoms. The molecule has 0 saturated heterocycles. The lowest BCUT2D eigenvalue weighted by Gasteiger charge is -2.11. The van der Waals surface area contributed by atoms with Gasteiger partial charge in [-0.05, 0) is 37.1 Å². The normalized spacial score (nSPS) is 10.9. The molecule has 0 atom stereocenters. The zero-order valence-electron chi connectivity index (χ0n) is 17.5. The van der Waals surface area contributed by atoms with Crippen LogP contribution < -0.4 is 10.6 Å². The Morgan fingerprint density at radius 3 is 2.60 bits per heavy atom. The fourth-order valence-corrected chi connectivity index (χ4v) is 3.35. The van der Waals surface area contributed by atoms with E-state index in [1.165, 1.54) is 0 Å². The van der Waals surface area contributed by atoms with Gasteiger partial charge in [0, 0.05) is 38.8 Å². The van der Waals surface area contributed by atoms with Gasteiger partial charge >= 0.3 is 0 Å². The quantitative estimate of drug-likeness (QED) is 0.505. The first-order valence-electron chi connectivity index (χ1n) is 10.1. The van der Waals surface area contributed by atoms with Crippen molar-refractivity contribution in [3.8, 4) is 0 Å². The van der Waals surface area contributed by atoms with Crippen molar-refractivity contribution in [2.45, 2.75) is 26.3 Å². The molecule has 3 rings (SSSR count). The maximum atomic E-state index is 12.4. The van der Waals surface area contributed by atoms with E-state index in [2.05, 4.69) is 15.6 Å². The number of carbonyl (C=O) groups excluding carboxylic acids is 2. The number of aromatic nitrogens is 2. The SMILES string of the molecule is COCCCNC(=O)Cn1c(CCNC(=O)c2ccccc2C)nc2ccccc21. The van der Waals surface area contributed by atoms with E-state index >= 15 is 0 Å². The number of nitrogens with one attached hydrogen (secondary N) is 2. The Hall–Kier alpha value is -3.19. The molecule has 1 heterocycles. The predicted molar refractivity (Wildman–Crippen MR) is 116 cm³/mol. The molecule has 0 bridgehead atoms. The van der Waals surface area contributed by atoms with Crippen molar-refractivity contribution in [3.63, 3.8) is 0 Å². The number of imidazole rings is 1. The number of nitrogens with zero attached hydrogens (tertiary/aromatic N) is 2. The number of hydrogen-bond acceptors (Lipinski definition) is 4. The molecule has 2 N–H and O–H groups in total. The van der Waals surface area contributed by atoms with E-state index in [0.29, 0.717) is 31.7 Å². The maximum absolute atomic E-state index is 12.4. The summed E-state index contributed by atoms with van der Waals surface area (Å²) in [6.07, 6.45) is 1.30. The van der Waals surface area contributed by atoms with Crippen molar-refractivity contribution in [1.82, 2.24) is 20.2 Å². The van der Waals surface area contributed by atoms with Gasteiger partial charge in [-0.15, -0.1) is 0 Å². The van der Waals surface area contributed by atoms with Crippen LogP contribution in [0.4, 0.5) is 0 Å². The minimum Gasteiger partial charge on any atom is -0.385 e. The van der Waals surface area contributed by atoms with Crippen LogP contribution in [0.2, 0.25) is 0 Å². The van der Waals surface area contributed by atoms with Gasteiger partial charge in [-0.1, -0.05) is 30.3 Å². The maximum Gasteiger partial charge on any atom is 0.251 e. The molecule has 7 nitrogen and oxygen atoms in total. The summed E-state index contributed by atoms with van der Waals surface area (Å²) < 4.78 is 6.93. The van der Waals surface area contributed by atoms with Gasteiger partial charge in [-0.3, -0.25) is 9.59 Å². The largest absolute Gasteiger partial charge is 0.385 e. The predicted octanol–water partition coefficient (Wildman–Crippen LogP) is 2.47. The molecule has 0 saturated carbocycles. The van der Waals surface area contributed by atoms with Gasteiger partial charge in [0.15, 0.2) is 0 Å². The summed E-state index contributed by atoms with van der Waals surface area (Å²) in [6.45, 7) is 3.72. The molecule has 2 aromatic carbocycles. The van der Waals surface area contributed by atoms with Crippen LogP contribution >= 0.6 is 0 Å². The van der Waals surface area contributed by atoms with Crippen LogP contribution in [-0.4, -0.2) is 48.2 Å². The summed E-state index contributed by atoms with van der Waals surface area (Å²) in [5.74, 6) is 0.597. The number of carbonyl (C=O) groups is 2. The Labute approximate surface area is 176 Å². The number of fused-ring (bicyclic) bond motifs is 1.